The lowest BCUT2D eigenvalue weighted by Gasteiger charge is -2.37. The third-order valence-corrected chi connectivity index (χ3v) is 6.26. The maximum Gasteiger partial charge on any atom is 0.260 e. The van der Waals surface area contributed by atoms with Crippen LogP contribution in [0.1, 0.15) is 11.1 Å². The zero-order valence-electron chi connectivity index (χ0n) is 20.0. The van der Waals surface area contributed by atoms with E-state index >= 15 is 0 Å². The molecule has 1 fully saturated rings. The summed E-state index contributed by atoms with van der Waals surface area (Å²) < 4.78 is 11.2. The molecule has 1 amide bonds. The normalized spacial score (nSPS) is 13.7. The lowest BCUT2D eigenvalue weighted by molar-refractivity contribution is -0.133. The molecular formula is C28H28N4O3. The Bertz CT molecular complexity index is 1290. The summed E-state index contributed by atoms with van der Waals surface area (Å²) in [7, 11) is 0. The van der Waals surface area contributed by atoms with Gasteiger partial charge in [0.15, 0.2) is 6.61 Å². The number of aryl methyl sites for hydroxylation is 2. The summed E-state index contributed by atoms with van der Waals surface area (Å²) in [5, 5.41) is 4.06. The van der Waals surface area contributed by atoms with Gasteiger partial charge in [0.05, 0.1) is 0 Å². The van der Waals surface area contributed by atoms with Gasteiger partial charge in [0, 0.05) is 43.0 Å². The van der Waals surface area contributed by atoms with Gasteiger partial charge < -0.3 is 19.1 Å². The standard InChI is InChI=1S/C28H28N4O3/c1-20-8-9-21(2)25(18-20)31-14-16-32(17-15-31)26(33)19-34-24-12-10-23(11-13-24)28-29-27(30-35-28)22-6-4-3-5-7-22/h3-13,18H,14-17,19H2,1-2H3. The van der Waals surface area contributed by atoms with Crippen LogP contribution in [0.3, 0.4) is 0 Å². The highest BCUT2D eigenvalue weighted by molar-refractivity contribution is 5.78. The van der Waals surface area contributed by atoms with E-state index in [-0.39, 0.29) is 12.5 Å². The Labute approximate surface area is 204 Å². The topological polar surface area (TPSA) is 71.7 Å². The molecule has 1 saturated heterocycles. The number of aromatic nitrogens is 2. The van der Waals surface area contributed by atoms with Gasteiger partial charge in [-0.25, -0.2) is 0 Å². The molecule has 7 heteroatoms. The highest BCUT2D eigenvalue weighted by atomic mass is 16.5. The molecule has 0 aliphatic carbocycles. The summed E-state index contributed by atoms with van der Waals surface area (Å²) in [6, 6.07) is 23.5. The fraction of sp³-hybridized carbons (Fsp3) is 0.250. The minimum absolute atomic E-state index is 0.000838. The molecule has 35 heavy (non-hydrogen) atoms. The molecule has 0 spiro atoms. The predicted octanol–water partition coefficient (Wildman–Crippen LogP) is 4.75. The second-order valence-electron chi connectivity index (χ2n) is 8.76. The third-order valence-electron chi connectivity index (χ3n) is 6.26. The van der Waals surface area contributed by atoms with E-state index in [4.69, 9.17) is 9.26 Å². The number of rotatable bonds is 6. The van der Waals surface area contributed by atoms with Crippen molar-refractivity contribution in [1.82, 2.24) is 15.0 Å². The third kappa shape index (κ3) is 5.19. The number of amides is 1. The predicted molar refractivity (Wildman–Crippen MR) is 135 cm³/mol. The number of hydrogen-bond donors (Lipinski definition) is 0. The fourth-order valence-electron chi connectivity index (χ4n) is 4.23. The number of hydrogen-bond acceptors (Lipinski definition) is 6. The van der Waals surface area contributed by atoms with E-state index < -0.39 is 0 Å². The van der Waals surface area contributed by atoms with Gasteiger partial charge in [-0.05, 0) is 55.3 Å². The van der Waals surface area contributed by atoms with Crippen LogP contribution in [-0.2, 0) is 4.79 Å². The first-order valence-electron chi connectivity index (χ1n) is 11.8. The average molecular weight is 469 g/mol. The van der Waals surface area contributed by atoms with Crippen LogP contribution in [0, 0.1) is 13.8 Å². The lowest BCUT2D eigenvalue weighted by atomic mass is 10.1. The first-order chi connectivity index (χ1) is 17.1. The van der Waals surface area contributed by atoms with E-state index in [0.717, 1.165) is 24.2 Å². The van der Waals surface area contributed by atoms with Crippen molar-refractivity contribution in [3.05, 3.63) is 83.9 Å². The molecule has 5 rings (SSSR count). The van der Waals surface area contributed by atoms with Gasteiger partial charge in [0.2, 0.25) is 5.82 Å². The number of carbonyl (C=O) groups is 1. The average Bonchev–Trinajstić information content (AvgIpc) is 3.40. The molecule has 4 aromatic rings. The van der Waals surface area contributed by atoms with Crippen molar-refractivity contribution in [1.29, 1.82) is 0 Å². The van der Waals surface area contributed by atoms with Gasteiger partial charge in [-0.3, -0.25) is 4.79 Å². The van der Waals surface area contributed by atoms with Crippen LogP contribution in [0.4, 0.5) is 5.69 Å². The molecule has 0 saturated carbocycles. The number of nitrogens with zero attached hydrogens (tertiary/aromatic N) is 4. The summed E-state index contributed by atoms with van der Waals surface area (Å²) in [5.41, 5.74) is 5.46. The van der Waals surface area contributed by atoms with Crippen LogP contribution in [0.2, 0.25) is 0 Å². The molecule has 2 heterocycles. The number of benzene rings is 3. The smallest absolute Gasteiger partial charge is 0.260 e. The molecule has 3 aromatic carbocycles. The zero-order valence-corrected chi connectivity index (χ0v) is 20.0. The first-order valence-corrected chi connectivity index (χ1v) is 11.8. The number of piperazine rings is 1. The largest absolute Gasteiger partial charge is 0.484 e. The molecule has 0 N–H and O–H groups in total. The molecule has 0 bridgehead atoms. The summed E-state index contributed by atoms with van der Waals surface area (Å²) in [6.45, 7) is 7.27. The summed E-state index contributed by atoms with van der Waals surface area (Å²) >= 11 is 0. The highest BCUT2D eigenvalue weighted by Gasteiger charge is 2.22. The minimum Gasteiger partial charge on any atom is -0.484 e. The van der Waals surface area contributed by atoms with Crippen molar-refractivity contribution in [3.63, 3.8) is 0 Å². The quantitative estimate of drug-likeness (QED) is 0.407. The molecule has 0 unspecified atom stereocenters. The van der Waals surface area contributed by atoms with E-state index in [1.54, 1.807) is 0 Å². The molecule has 1 aromatic heterocycles. The van der Waals surface area contributed by atoms with Crippen LogP contribution < -0.4 is 9.64 Å². The Balaban J connectivity index is 1.13. The second kappa shape index (κ2) is 10.0. The Morgan fingerprint density at radius 3 is 2.40 bits per heavy atom. The Morgan fingerprint density at radius 1 is 0.914 bits per heavy atom. The van der Waals surface area contributed by atoms with Crippen LogP contribution in [0.5, 0.6) is 5.75 Å². The SMILES string of the molecule is Cc1ccc(C)c(N2CCN(C(=O)COc3ccc(-c4nc(-c5ccccc5)no4)cc3)CC2)c1. The lowest BCUT2D eigenvalue weighted by Crippen LogP contribution is -2.50. The Morgan fingerprint density at radius 2 is 1.66 bits per heavy atom. The maximum absolute atomic E-state index is 12.7. The fourth-order valence-corrected chi connectivity index (χ4v) is 4.23. The minimum atomic E-state index is -0.000838. The van der Waals surface area contributed by atoms with Crippen molar-refractivity contribution < 1.29 is 14.1 Å². The van der Waals surface area contributed by atoms with Crippen LogP contribution in [0.25, 0.3) is 22.8 Å². The second-order valence-corrected chi connectivity index (χ2v) is 8.76. The van der Waals surface area contributed by atoms with E-state index in [2.05, 4.69) is 47.1 Å². The summed E-state index contributed by atoms with van der Waals surface area (Å²) in [6.07, 6.45) is 0. The van der Waals surface area contributed by atoms with E-state index in [0.29, 0.717) is 30.6 Å². The van der Waals surface area contributed by atoms with Gasteiger partial charge in [-0.2, -0.15) is 4.98 Å². The molecule has 0 atom stereocenters. The molecule has 1 aliphatic rings. The monoisotopic (exact) mass is 468 g/mol. The van der Waals surface area contributed by atoms with Gasteiger partial charge in [0.1, 0.15) is 5.75 Å². The van der Waals surface area contributed by atoms with Crippen molar-refractivity contribution in [2.24, 2.45) is 0 Å². The molecule has 7 nitrogen and oxygen atoms in total. The first kappa shape index (κ1) is 22.7. The maximum atomic E-state index is 12.7. The van der Waals surface area contributed by atoms with Crippen molar-refractivity contribution >= 4 is 11.6 Å². The van der Waals surface area contributed by atoms with E-state index in [9.17, 15) is 4.79 Å². The molecule has 178 valence electrons. The number of ether oxygens (including phenoxy) is 1. The highest BCUT2D eigenvalue weighted by Crippen LogP contribution is 2.25. The van der Waals surface area contributed by atoms with Gasteiger partial charge in [-0.1, -0.05) is 47.6 Å². The summed E-state index contributed by atoms with van der Waals surface area (Å²) in [4.78, 5) is 21.4. The van der Waals surface area contributed by atoms with Gasteiger partial charge in [-0.15, -0.1) is 0 Å². The number of anilines is 1. The van der Waals surface area contributed by atoms with Crippen LogP contribution >= 0.6 is 0 Å². The molecule has 0 radical (unpaired) electrons. The van der Waals surface area contributed by atoms with Crippen molar-refractivity contribution in [2.75, 3.05) is 37.7 Å². The van der Waals surface area contributed by atoms with Gasteiger partial charge in [0.25, 0.3) is 11.8 Å². The van der Waals surface area contributed by atoms with Gasteiger partial charge >= 0.3 is 0 Å². The Hall–Kier alpha value is -4.13. The zero-order chi connectivity index (χ0) is 24.2. The molecular weight excluding hydrogens is 440 g/mol. The van der Waals surface area contributed by atoms with Crippen molar-refractivity contribution in [3.8, 4) is 28.6 Å². The van der Waals surface area contributed by atoms with E-state index in [1.165, 1.54) is 16.8 Å². The molecule has 1 aliphatic heterocycles. The van der Waals surface area contributed by atoms with Crippen LogP contribution in [-0.4, -0.2) is 53.7 Å². The van der Waals surface area contributed by atoms with Crippen LogP contribution in [0.15, 0.2) is 77.3 Å². The summed E-state index contributed by atoms with van der Waals surface area (Å²) in [5.74, 6) is 1.61. The van der Waals surface area contributed by atoms with E-state index in [1.807, 2.05) is 59.5 Å². The number of carbonyl (C=O) groups excluding carboxylic acids is 1. The Kier molecular flexibility index (Phi) is 6.48. The van der Waals surface area contributed by atoms with Crippen molar-refractivity contribution in [2.45, 2.75) is 13.8 Å².